The van der Waals surface area contributed by atoms with Crippen molar-refractivity contribution in [2.24, 2.45) is 17.8 Å². The Labute approximate surface area is 92.0 Å². The lowest BCUT2D eigenvalue weighted by molar-refractivity contribution is -0.123. The first-order valence-corrected chi connectivity index (χ1v) is 6.33. The molecule has 0 aromatic carbocycles. The summed E-state index contributed by atoms with van der Waals surface area (Å²) >= 11 is 0. The molecule has 3 heteroatoms. The van der Waals surface area contributed by atoms with Crippen molar-refractivity contribution in [3.8, 4) is 0 Å². The predicted octanol–water partition coefficient (Wildman–Crippen LogP) is 1.15. The molecule has 2 atom stereocenters. The maximum atomic E-state index is 11.7. The van der Waals surface area contributed by atoms with Crippen molar-refractivity contribution < 1.29 is 4.79 Å². The summed E-state index contributed by atoms with van der Waals surface area (Å²) in [4.78, 5) is 11.7. The van der Waals surface area contributed by atoms with Gasteiger partial charge in [0, 0.05) is 12.5 Å². The van der Waals surface area contributed by atoms with Gasteiger partial charge in [0.2, 0.25) is 5.91 Å². The second-order valence-electron chi connectivity index (χ2n) is 4.78. The molecule has 0 aliphatic heterocycles. The molecule has 2 aliphatic rings. The second-order valence-corrected chi connectivity index (χ2v) is 4.78. The van der Waals surface area contributed by atoms with Crippen LogP contribution in [0.25, 0.3) is 0 Å². The molecule has 1 amide bonds. The largest absolute Gasteiger partial charge is 0.356 e. The van der Waals surface area contributed by atoms with Crippen LogP contribution < -0.4 is 10.6 Å². The van der Waals surface area contributed by atoms with E-state index in [1.165, 1.54) is 19.3 Å². The maximum absolute atomic E-state index is 11.7. The van der Waals surface area contributed by atoms with Crippen molar-refractivity contribution in [1.82, 2.24) is 10.6 Å². The molecule has 2 fully saturated rings. The van der Waals surface area contributed by atoms with Gasteiger partial charge in [0.15, 0.2) is 0 Å². The SMILES string of the molecule is CCNCCCNC(=O)C1C2CCCC21. The maximum Gasteiger partial charge on any atom is 0.223 e. The van der Waals surface area contributed by atoms with Crippen molar-refractivity contribution in [3.63, 3.8) is 0 Å². The first-order chi connectivity index (χ1) is 7.34. The lowest BCUT2D eigenvalue weighted by Gasteiger charge is -2.06. The summed E-state index contributed by atoms with van der Waals surface area (Å²) in [5, 5.41) is 6.31. The third-order valence-corrected chi connectivity index (χ3v) is 3.79. The number of carbonyl (C=O) groups is 1. The van der Waals surface area contributed by atoms with Gasteiger partial charge in [-0.2, -0.15) is 0 Å². The summed E-state index contributed by atoms with van der Waals surface area (Å²) in [6, 6.07) is 0. The van der Waals surface area contributed by atoms with Crippen molar-refractivity contribution in [2.45, 2.75) is 32.6 Å². The van der Waals surface area contributed by atoms with Crippen LogP contribution in [0.3, 0.4) is 0 Å². The molecule has 0 heterocycles. The molecule has 0 spiro atoms. The molecule has 2 aliphatic carbocycles. The fourth-order valence-corrected chi connectivity index (χ4v) is 2.93. The van der Waals surface area contributed by atoms with Gasteiger partial charge in [0.25, 0.3) is 0 Å². The van der Waals surface area contributed by atoms with Gasteiger partial charge in [-0.1, -0.05) is 13.3 Å². The molecule has 2 saturated carbocycles. The summed E-state index contributed by atoms with van der Waals surface area (Å²) in [6.07, 6.45) is 4.97. The number of amides is 1. The van der Waals surface area contributed by atoms with E-state index in [9.17, 15) is 4.79 Å². The number of rotatable bonds is 6. The molecule has 0 radical (unpaired) electrons. The second kappa shape index (κ2) is 4.97. The minimum atomic E-state index is 0.321. The van der Waals surface area contributed by atoms with Crippen LogP contribution in [0, 0.1) is 17.8 Å². The van der Waals surface area contributed by atoms with Gasteiger partial charge in [-0.05, 0) is 44.2 Å². The summed E-state index contributed by atoms with van der Waals surface area (Å²) < 4.78 is 0. The zero-order valence-electron chi connectivity index (χ0n) is 9.59. The summed E-state index contributed by atoms with van der Waals surface area (Å²) in [6.45, 7) is 4.96. The van der Waals surface area contributed by atoms with E-state index in [-0.39, 0.29) is 0 Å². The standard InChI is InChI=1S/C12H22N2O/c1-2-13-7-4-8-14-12(15)11-9-5-3-6-10(9)11/h9-11,13H,2-8H2,1H3,(H,14,15). The Hall–Kier alpha value is -0.570. The Morgan fingerprint density at radius 1 is 1.27 bits per heavy atom. The van der Waals surface area contributed by atoms with Gasteiger partial charge in [-0.25, -0.2) is 0 Å². The summed E-state index contributed by atoms with van der Waals surface area (Å²) in [7, 11) is 0. The number of hydrogen-bond acceptors (Lipinski definition) is 2. The van der Waals surface area contributed by atoms with Crippen LogP contribution in [0.1, 0.15) is 32.6 Å². The van der Waals surface area contributed by atoms with Crippen LogP contribution in [0.2, 0.25) is 0 Å². The summed E-state index contributed by atoms with van der Waals surface area (Å²) in [5.41, 5.74) is 0. The number of hydrogen-bond donors (Lipinski definition) is 2. The third-order valence-electron chi connectivity index (χ3n) is 3.79. The van der Waals surface area contributed by atoms with Crippen LogP contribution in [-0.2, 0) is 4.79 Å². The van der Waals surface area contributed by atoms with E-state index >= 15 is 0 Å². The highest BCUT2D eigenvalue weighted by Crippen LogP contribution is 2.57. The molecular weight excluding hydrogens is 188 g/mol. The lowest BCUT2D eigenvalue weighted by Crippen LogP contribution is -2.29. The van der Waals surface area contributed by atoms with Gasteiger partial charge in [0.1, 0.15) is 0 Å². The van der Waals surface area contributed by atoms with Crippen LogP contribution in [0.5, 0.6) is 0 Å². The Bertz CT molecular complexity index is 220. The molecular formula is C12H22N2O. The molecule has 15 heavy (non-hydrogen) atoms. The highest BCUT2D eigenvalue weighted by atomic mass is 16.2. The van der Waals surface area contributed by atoms with E-state index in [2.05, 4.69) is 17.6 Å². The minimum absolute atomic E-state index is 0.321. The molecule has 0 aromatic heterocycles. The Balaban J connectivity index is 1.54. The van der Waals surface area contributed by atoms with E-state index in [1.54, 1.807) is 0 Å². The molecule has 2 rings (SSSR count). The molecule has 2 N–H and O–H groups in total. The minimum Gasteiger partial charge on any atom is -0.356 e. The van der Waals surface area contributed by atoms with E-state index < -0.39 is 0 Å². The van der Waals surface area contributed by atoms with Crippen LogP contribution in [0.4, 0.5) is 0 Å². The molecule has 0 saturated heterocycles. The molecule has 2 unspecified atom stereocenters. The van der Waals surface area contributed by atoms with Crippen molar-refractivity contribution in [1.29, 1.82) is 0 Å². The first kappa shape index (κ1) is 10.9. The van der Waals surface area contributed by atoms with Crippen LogP contribution in [0.15, 0.2) is 0 Å². The first-order valence-electron chi connectivity index (χ1n) is 6.33. The predicted molar refractivity (Wildman–Crippen MR) is 60.5 cm³/mol. The van der Waals surface area contributed by atoms with Gasteiger partial charge >= 0.3 is 0 Å². The molecule has 0 bridgehead atoms. The monoisotopic (exact) mass is 210 g/mol. The number of carbonyl (C=O) groups excluding carboxylic acids is 1. The zero-order valence-corrected chi connectivity index (χ0v) is 9.59. The third kappa shape index (κ3) is 2.51. The van der Waals surface area contributed by atoms with E-state index in [0.29, 0.717) is 11.8 Å². The van der Waals surface area contributed by atoms with Crippen LogP contribution in [-0.4, -0.2) is 25.5 Å². The average molecular weight is 210 g/mol. The number of fused-ring (bicyclic) bond motifs is 1. The molecule has 0 aromatic rings. The number of nitrogens with one attached hydrogen (secondary N) is 2. The highest BCUT2D eigenvalue weighted by molar-refractivity contribution is 5.82. The topological polar surface area (TPSA) is 41.1 Å². The fourth-order valence-electron chi connectivity index (χ4n) is 2.93. The fraction of sp³-hybridized carbons (Fsp3) is 0.917. The van der Waals surface area contributed by atoms with Crippen molar-refractivity contribution in [3.05, 3.63) is 0 Å². The summed E-state index contributed by atoms with van der Waals surface area (Å²) in [5.74, 6) is 2.21. The van der Waals surface area contributed by atoms with Gasteiger partial charge in [0.05, 0.1) is 0 Å². The Morgan fingerprint density at radius 2 is 2.00 bits per heavy atom. The quantitative estimate of drug-likeness (QED) is 0.646. The smallest absolute Gasteiger partial charge is 0.223 e. The Kier molecular flexibility index (Phi) is 3.62. The highest BCUT2D eigenvalue weighted by Gasteiger charge is 2.56. The normalized spacial score (nSPS) is 32.5. The van der Waals surface area contributed by atoms with E-state index in [0.717, 1.165) is 37.9 Å². The lowest BCUT2D eigenvalue weighted by atomic mass is 10.1. The molecule has 86 valence electrons. The molecule has 3 nitrogen and oxygen atoms in total. The van der Waals surface area contributed by atoms with Gasteiger partial charge < -0.3 is 10.6 Å². The Morgan fingerprint density at radius 3 is 2.67 bits per heavy atom. The van der Waals surface area contributed by atoms with Gasteiger partial charge in [-0.3, -0.25) is 4.79 Å². The van der Waals surface area contributed by atoms with Crippen LogP contribution >= 0.6 is 0 Å². The van der Waals surface area contributed by atoms with Gasteiger partial charge in [-0.15, -0.1) is 0 Å². The van der Waals surface area contributed by atoms with Crippen molar-refractivity contribution in [2.75, 3.05) is 19.6 Å². The zero-order chi connectivity index (χ0) is 10.7. The van der Waals surface area contributed by atoms with Crippen molar-refractivity contribution >= 4 is 5.91 Å². The van der Waals surface area contributed by atoms with E-state index in [1.807, 2.05) is 0 Å². The van der Waals surface area contributed by atoms with E-state index in [4.69, 9.17) is 0 Å². The average Bonchev–Trinajstić information content (AvgIpc) is 2.72.